The molecule has 0 heterocycles. The van der Waals surface area contributed by atoms with E-state index in [9.17, 15) is 0 Å². The van der Waals surface area contributed by atoms with Gasteiger partial charge in [0, 0.05) is 12.1 Å². The van der Waals surface area contributed by atoms with Crippen LogP contribution < -0.4 is 10.1 Å². The zero-order valence-electron chi connectivity index (χ0n) is 12.6. The van der Waals surface area contributed by atoms with Crippen molar-refractivity contribution in [2.75, 3.05) is 7.11 Å². The highest BCUT2D eigenvalue weighted by molar-refractivity contribution is 5.84. The maximum absolute atomic E-state index is 5.27. The van der Waals surface area contributed by atoms with Gasteiger partial charge < -0.3 is 10.1 Å². The molecule has 2 aromatic carbocycles. The lowest BCUT2D eigenvalue weighted by atomic mass is 9.98. The molecule has 2 heteroatoms. The highest BCUT2D eigenvalue weighted by Gasteiger charge is 2.37. The maximum Gasteiger partial charge on any atom is 0.119 e. The summed E-state index contributed by atoms with van der Waals surface area (Å²) >= 11 is 0. The Labute approximate surface area is 121 Å². The first-order valence-corrected chi connectivity index (χ1v) is 7.40. The summed E-state index contributed by atoms with van der Waals surface area (Å²) in [4.78, 5) is 0. The smallest absolute Gasteiger partial charge is 0.119 e. The van der Waals surface area contributed by atoms with E-state index in [0.29, 0.717) is 0 Å². The van der Waals surface area contributed by atoms with Gasteiger partial charge in [-0.1, -0.05) is 18.2 Å². The van der Waals surface area contributed by atoms with Gasteiger partial charge in [0.15, 0.2) is 0 Å². The second kappa shape index (κ2) is 5.10. The zero-order valence-corrected chi connectivity index (χ0v) is 12.6. The largest absolute Gasteiger partial charge is 0.497 e. The topological polar surface area (TPSA) is 21.3 Å². The molecular weight excluding hydrogens is 246 g/mol. The quantitative estimate of drug-likeness (QED) is 0.881. The van der Waals surface area contributed by atoms with Crippen molar-refractivity contribution in [1.29, 1.82) is 0 Å². The molecular formula is C18H23NO. The lowest BCUT2D eigenvalue weighted by Crippen LogP contribution is -2.40. The number of methoxy groups -OCH3 is 1. The van der Waals surface area contributed by atoms with Crippen molar-refractivity contribution in [3.8, 4) is 5.75 Å². The summed E-state index contributed by atoms with van der Waals surface area (Å²) < 4.78 is 5.27. The molecule has 1 N–H and O–H groups in total. The Bertz CT molecular complexity index is 614. The Kier molecular flexibility index (Phi) is 3.43. The Morgan fingerprint density at radius 2 is 1.80 bits per heavy atom. The fraction of sp³-hybridized carbons (Fsp3) is 0.444. The number of ether oxygens (including phenoxy) is 1. The van der Waals surface area contributed by atoms with Crippen LogP contribution in [0.2, 0.25) is 0 Å². The molecule has 106 valence electrons. The minimum Gasteiger partial charge on any atom is -0.497 e. The predicted octanol–water partition coefficient (Wildman–Crippen LogP) is 4.13. The molecule has 0 bridgehead atoms. The SMILES string of the molecule is COc1ccc2cc(CNC(C)(C)C3CC3)ccc2c1. The second-order valence-electron chi connectivity index (χ2n) is 6.40. The number of rotatable bonds is 5. The highest BCUT2D eigenvalue weighted by Crippen LogP contribution is 2.39. The van der Waals surface area contributed by atoms with Crippen LogP contribution in [0.25, 0.3) is 10.8 Å². The summed E-state index contributed by atoms with van der Waals surface area (Å²) in [5.74, 6) is 1.77. The van der Waals surface area contributed by atoms with Gasteiger partial charge in [-0.15, -0.1) is 0 Å². The third-order valence-corrected chi connectivity index (χ3v) is 4.46. The number of fused-ring (bicyclic) bond motifs is 1. The fourth-order valence-electron chi connectivity index (χ4n) is 2.79. The number of hydrogen-bond acceptors (Lipinski definition) is 2. The van der Waals surface area contributed by atoms with Crippen LogP contribution in [-0.4, -0.2) is 12.6 Å². The lowest BCUT2D eigenvalue weighted by molar-refractivity contribution is 0.339. The van der Waals surface area contributed by atoms with Gasteiger partial charge in [0.1, 0.15) is 5.75 Å². The van der Waals surface area contributed by atoms with Crippen LogP contribution in [0.4, 0.5) is 0 Å². The Hall–Kier alpha value is -1.54. The van der Waals surface area contributed by atoms with Crippen molar-refractivity contribution in [2.24, 2.45) is 5.92 Å². The summed E-state index contributed by atoms with van der Waals surface area (Å²) in [7, 11) is 1.71. The van der Waals surface area contributed by atoms with E-state index in [0.717, 1.165) is 18.2 Å². The van der Waals surface area contributed by atoms with Crippen molar-refractivity contribution in [3.05, 3.63) is 42.0 Å². The zero-order chi connectivity index (χ0) is 14.2. The van der Waals surface area contributed by atoms with Crippen LogP contribution in [0.3, 0.4) is 0 Å². The molecule has 2 nitrogen and oxygen atoms in total. The predicted molar refractivity (Wildman–Crippen MR) is 84.1 cm³/mol. The van der Waals surface area contributed by atoms with Crippen LogP contribution in [0, 0.1) is 5.92 Å². The van der Waals surface area contributed by atoms with Crippen LogP contribution in [0.1, 0.15) is 32.3 Å². The summed E-state index contributed by atoms with van der Waals surface area (Å²) in [5, 5.41) is 6.20. The standard InChI is InChI=1S/C18H23NO/c1-18(2,16-7-8-16)19-12-13-4-5-15-11-17(20-3)9-6-14(15)10-13/h4-6,9-11,16,19H,7-8,12H2,1-3H3. The summed E-state index contributed by atoms with van der Waals surface area (Å²) in [6.45, 7) is 5.57. The van der Waals surface area contributed by atoms with Gasteiger partial charge in [-0.05, 0) is 67.1 Å². The van der Waals surface area contributed by atoms with Gasteiger partial charge in [-0.25, -0.2) is 0 Å². The Morgan fingerprint density at radius 3 is 2.50 bits per heavy atom. The number of nitrogens with one attached hydrogen (secondary N) is 1. The molecule has 0 spiro atoms. The first kappa shape index (κ1) is 13.4. The minimum absolute atomic E-state index is 0.259. The molecule has 0 unspecified atom stereocenters. The third-order valence-electron chi connectivity index (χ3n) is 4.46. The van der Waals surface area contributed by atoms with Crippen LogP contribution in [-0.2, 0) is 6.54 Å². The molecule has 0 amide bonds. The summed E-state index contributed by atoms with van der Waals surface area (Å²) in [6.07, 6.45) is 2.75. The van der Waals surface area contributed by atoms with E-state index in [4.69, 9.17) is 4.74 Å². The normalized spacial score (nSPS) is 15.6. The average molecular weight is 269 g/mol. The fourth-order valence-corrected chi connectivity index (χ4v) is 2.79. The highest BCUT2D eigenvalue weighted by atomic mass is 16.5. The van der Waals surface area contributed by atoms with Gasteiger partial charge in [-0.2, -0.15) is 0 Å². The van der Waals surface area contributed by atoms with E-state index < -0.39 is 0 Å². The maximum atomic E-state index is 5.27. The molecule has 1 fully saturated rings. The van der Waals surface area contributed by atoms with Gasteiger partial charge in [0.05, 0.1) is 7.11 Å². The average Bonchev–Trinajstić information content (AvgIpc) is 3.29. The monoisotopic (exact) mass is 269 g/mol. The van der Waals surface area contributed by atoms with Gasteiger partial charge >= 0.3 is 0 Å². The van der Waals surface area contributed by atoms with E-state index >= 15 is 0 Å². The Balaban J connectivity index is 1.75. The van der Waals surface area contributed by atoms with Crippen molar-refractivity contribution in [2.45, 2.75) is 38.8 Å². The summed E-state index contributed by atoms with van der Waals surface area (Å²) in [6, 6.07) is 12.9. The van der Waals surface area contributed by atoms with Crippen LogP contribution >= 0.6 is 0 Å². The van der Waals surface area contributed by atoms with E-state index in [1.807, 2.05) is 6.07 Å². The second-order valence-corrected chi connectivity index (χ2v) is 6.40. The van der Waals surface area contributed by atoms with Crippen LogP contribution in [0.15, 0.2) is 36.4 Å². The molecule has 1 aliphatic carbocycles. The van der Waals surface area contributed by atoms with Crippen molar-refractivity contribution >= 4 is 10.8 Å². The Morgan fingerprint density at radius 1 is 1.10 bits per heavy atom. The first-order valence-electron chi connectivity index (χ1n) is 7.40. The van der Waals surface area contributed by atoms with Gasteiger partial charge in [0.2, 0.25) is 0 Å². The molecule has 0 aliphatic heterocycles. The molecule has 1 saturated carbocycles. The molecule has 1 aliphatic rings. The van der Waals surface area contributed by atoms with E-state index in [1.165, 1.54) is 29.2 Å². The first-order chi connectivity index (χ1) is 9.58. The molecule has 20 heavy (non-hydrogen) atoms. The van der Waals surface area contributed by atoms with Crippen molar-refractivity contribution < 1.29 is 4.74 Å². The number of hydrogen-bond donors (Lipinski definition) is 1. The molecule has 0 atom stereocenters. The van der Waals surface area contributed by atoms with E-state index in [2.05, 4.69) is 49.5 Å². The minimum atomic E-state index is 0.259. The van der Waals surface area contributed by atoms with Crippen molar-refractivity contribution in [3.63, 3.8) is 0 Å². The number of benzene rings is 2. The third kappa shape index (κ3) is 2.80. The van der Waals surface area contributed by atoms with Crippen molar-refractivity contribution in [1.82, 2.24) is 5.32 Å². The lowest BCUT2D eigenvalue weighted by Gasteiger charge is -2.26. The van der Waals surface area contributed by atoms with Gasteiger partial charge in [-0.3, -0.25) is 0 Å². The molecule has 0 radical (unpaired) electrons. The van der Waals surface area contributed by atoms with Crippen LogP contribution in [0.5, 0.6) is 5.75 Å². The van der Waals surface area contributed by atoms with Gasteiger partial charge in [0.25, 0.3) is 0 Å². The molecule has 2 aromatic rings. The van der Waals surface area contributed by atoms with E-state index in [-0.39, 0.29) is 5.54 Å². The molecule has 0 saturated heterocycles. The molecule has 3 rings (SSSR count). The molecule has 0 aromatic heterocycles. The summed E-state index contributed by atoms with van der Waals surface area (Å²) in [5.41, 5.74) is 1.60. The van der Waals surface area contributed by atoms with E-state index in [1.54, 1.807) is 7.11 Å².